The minimum Gasteiger partial charge on any atom is -0.543 e. The van der Waals surface area contributed by atoms with Crippen molar-refractivity contribution in [3.05, 3.63) is 0 Å². The zero-order chi connectivity index (χ0) is 5.15. The number of carboxylic acid groups (broad SMARTS) is 2. The van der Waals surface area contributed by atoms with Crippen LogP contribution in [-0.2, 0) is 60.8 Å². The SMILES string of the molecule is O.O.O=C([O-])C(=O)[O-].[Fe].[Mn+2].[Mn]. The average Bonchev–Trinajstić information content (AvgIpc) is 1.36. The van der Waals surface area contributed by atoms with Gasteiger partial charge in [0.25, 0.3) is 0 Å². The second kappa shape index (κ2) is 22.4. The molecule has 0 aromatic rings. The van der Waals surface area contributed by atoms with Crippen LogP contribution in [0.15, 0.2) is 0 Å². The van der Waals surface area contributed by atoms with Crippen LogP contribution in [0.5, 0.6) is 0 Å². The van der Waals surface area contributed by atoms with Gasteiger partial charge in [0.05, 0.1) is 11.9 Å². The Morgan fingerprint density at radius 2 is 1.00 bits per heavy atom. The fraction of sp³-hybridized carbons (Fsp3) is 0. The summed E-state index contributed by atoms with van der Waals surface area (Å²) in [6.07, 6.45) is 0. The molecule has 70 valence electrons. The van der Waals surface area contributed by atoms with Gasteiger partial charge in [-0.05, 0) is 0 Å². The first-order valence-corrected chi connectivity index (χ1v) is 1.07. The molecule has 0 amide bonds. The summed E-state index contributed by atoms with van der Waals surface area (Å²) in [4.78, 5) is 17.9. The molecule has 2 radical (unpaired) electrons. The summed E-state index contributed by atoms with van der Waals surface area (Å²) in [5.74, 6) is -4.37. The third-order valence-electron chi connectivity index (χ3n) is 0.167. The number of carbonyl (C=O) groups is 2. The van der Waals surface area contributed by atoms with Crippen molar-refractivity contribution in [1.29, 1.82) is 0 Å². The standard InChI is InChI=1S/C2H2O4.Fe.2Mn.2H2O/c3-1(4)2(5)6;;;;;/h(H,3,4)(H,5,6);;;;2*1H2/q;;;+2;;/p-2. The molecule has 4 N–H and O–H groups in total. The summed E-state index contributed by atoms with van der Waals surface area (Å²) in [6, 6.07) is 0. The molecule has 11 heavy (non-hydrogen) atoms. The van der Waals surface area contributed by atoms with Crippen LogP contribution in [0.2, 0.25) is 0 Å². The number of aliphatic carboxylic acids is 2. The van der Waals surface area contributed by atoms with Crippen LogP contribution in [0.1, 0.15) is 0 Å². The van der Waals surface area contributed by atoms with E-state index in [4.69, 9.17) is 19.8 Å². The van der Waals surface area contributed by atoms with Crippen LogP contribution in [0.3, 0.4) is 0 Å². The molecule has 0 unspecified atom stereocenters. The van der Waals surface area contributed by atoms with Crippen molar-refractivity contribution in [1.82, 2.24) is 0 Å². The molecule has 0 aliphatic carbocycles. The summed E-state index contributed by atoms with van der Waals surface area (Å²) in [5, 5.41) is 17.9. The molecule has 0 heterocycles. The Labute approximate surface area is 93.8 Å². The van der Waals surface area contributed by atoms with Gasteiger partial charge in [-0.2, -0.15) is 0 Å². The van der Waals surface area contributed by atoms with Crippen molar-refractivity contribution in [3.63, 3.8) is 0 Å². The molecule has 0 aliphatic rings. The third kappa shape index (κ3) is 37.8. The normalized spacial score (nSPS) is 4.00. The van der Waals surface area contributed by atoms with Gasteiger partial charge in [0.15, 0.2) is 0 Å². The fourth-order valence-electron chi connectivity index (χ4n) is 0. The predicted octanol–water partition coefficient (Wildman–Crippen LogP) is -5.17. The first kappa shape index (κ1) is 42.2. The molecule has 0 fully saturated rings. The number of carbonyl (C=O) groups excluding carboxylic acids is 2. The van der Waals surface area contributed by atoms with Crippen LogP contribution >= 0.6 is 0 Å². The Balaban J connectivity index is -0.0000000125. The van der Waals surface area contributed by atoms with E-state index in [0.29, 0.717) is 0 Å². The minimum absolute atomic E-state index is 0. The molecule has 0 bridgehead atoms. The molecule has 0 saturated heterocycles. The van der Waals surface area contributed by atoms with E-state index < -0.39 is 11.9 Å². The molecular weight excluding hydrogens is 286 g/mol. The van der Waals surface area contributed by atoms with Crippen molar-refractivity contribution in [2.45, 2.75) is 0 Å². The van der Waals surface area contributed by atoms with Gasteiger partial charge in [0, 0.05) is 34.1 Å². The quantitative estimate of drug-likeness (QED) is 0.324. The van der Waals surface area contributed by atoms with Crippen molar-refractivity contribution in [2.24, 2.45) is 0 Å². The van der Waals surface area contributed by atoms with E-state index in [0.717, 1.165) is 0 Å². The zero-order valence-electron chi connectivity index (χ0n) is 4.74. The van der Waals surface area contributed by atoms with Crippen molar-refractivity contribution in [3.8, 4) is 0 Å². The third-order valence-corrected chi connectivity index (χ3v) is 0.167. The summed E-state index contributed by atoms with van der Waals surface area (Å²) in [7, 11) is 0. The van der Waals surface area contributed by atoms with Crippen LogP contribution in [0, 0.1) is 0 Å². The van der Waals surface area contributed by atoms with Crippen molar-refractivity contribution in [2.75, 3.05) is 0 Å². The van der Waals surface area contributed by atoms with Gasteiger partial charge in [0.2, 0.25) is 0 Å². The van der Waals surface area contributed by atoms with E-state index >= 15 is 0 Å². The smallest absolute Gasteiger partial charge is 0.543 e. The number of hydrogen-bond donors (Lipinski definition) is 0. The number of carboxylic acids is 2. The Morgan fingerprint density at radius 1 is 0.909 bits per heavy atom. The Kier molecular flexibility index (Phi) is 86.1. The molecule has 0 aromatic heterocycles. The summed E-state index contributed by atoms with van der Waals surface area (Å²) in [6.45, 7) is 0. The molecule has 0 rings (SSSR count). The van der Waals surface area contributed by atoms with Gasteiger partial charge in [-0.15, -0.1) is 0 Å². The van der Waals surface area contributed by atoms with Gasteiger partial charge < -0.3 is 30.8 Å². The number of rotatable bonds is 0. The van der Waals surface area contributed by atoms with E-state index in [9.17, 15) is 0 Å². The molecule has 0 atom stereocenters. The van der Waals surface area contributed by atoms with E-state index in [1.807, 2.05) is 0 Å². The number of hydrogen-bond acceptors (Lipinski definition) is 4. The Bertz CT molecular complexity index is 84.6. The van der Waals surface area contributed by atoms with Crippen LogP contribution in [0.4, 0.5) is 0 Å². The predicted molar refractivity (Wildman–Crippen MR) is 17.2 cm³/mol. The van der Waals surface area contributed by atoms with Crippen LogP contribution in [-0.4, -0.2) is 22.9 Å². The van der Waals surface area contributed by atoms with Crippen LogP contribution in [0.25, 0.3) is 0 Å². The fourth-order valence-corrected chi connectivity index (χ4v) is 0. The Morgan fingerprint density at radius 3 is 1.00 bits per heavy atom. The second-order valence-corrected chi connectivity index (χ2v) is 0.575. The largest absolute Gasteiger partial charge is 2.00 e. The first-order valence-electron chi connectivity index (χ1n) is 1.07. The molecule has 0 saturated carbocycles. The van der Waals surface area contributed by atoms with Crippen LogP contribution < -0.4 is 10.2 Å². The van der Waals surface area contributed by atoms with E-state index in [2.05, 4.69) is 0 Å². The maximum atomic E-state index is 8.93. The molecule has 0 spiro atoms. The maximum Gasteiger partial charge on any atom is 2.00 e. The average molecular weight is 290 g/mol. The summed E-state index contributed by atoms with van der Waals surface area (Å²) >= 11 is 0. The Hall–Kier alpha value is 0.418. The summed E-state index contributed by atoms with van der Waals surface area (Å²) < 4.78 is 0. The van der Waals surface area contributed by atoms with Gasteiger partial charge in [-0.1, -0.05) is 0 Å². The molecule has 0 aliphatic heterocycles. The van der Waals surface area contributed by atoms with E-state index in [1.54, 1.807) is 0 Å². The monoisotopic (exact) mass is 290 g/mol. The van der Waals surface area contributed by atoms with Crippen molar-refractivity contribution < 1.29 is 82.0 Å². The molecular formula is C2H4FeMn2O6. The second-order valence-electron chi connectivity index (χ2n) is 0.575. The molecule has 9 heteroatoms. The van der Waals surface area contributed by atoms with E-state index in [1.165, 1.54) is 0 Å². The maximum absolute atomic E-state index is 8.93. The van der Waals surface area contributed by atoms with Gasteiger partial charge in [-0.25, -0.2) is 0 Å². The van der Waals surface area contributed by atoms with Gasteiger partial charge in [-0.3, -0.25) is 0 Å². The first-order chi connectivity index (χ1) is 2.64. The zero-order valence-corrected chi connectivity index (χ0v) is 8.21. The van der Waals surface area contributed by atoms with Crippen molar-refractivity contribution >= 4 is 11.9 Å². The molecule has 0 aromatic carbocycles. The van der Waals surface area contributed by atoms with Gasteiger partial charge in [0.1, 0.15) is 0 Å². The topological polar surface area (TPSA) is 143 Å². The minimum atomic E-state index is -2.19. The summed E-state index contributed by atoms with van der Waals surface area (Å²) in [5.41, 5.74) is 0. The van der Waals surface area contributed by atoms with E-state index in [-0.39, 0.29) is 62.2 Å². The molecule has 6 nitrogen and oxygen atoms in total. The van der Waals surface area contributed by atoms with Gasteiger partial charge >= 0.3 is 17.1 Å².